The molecule has 0 amide bonds. The van der Waals surface area contributed by atoms with Crippen LogP contribution in [-0.4, -0.2) is 68.3 Å². The lowest BCUT2D eigenvalue weighted by Gasteiger charge is -2.38. The van der Waals surface area contributed by atoms with Gasteiger partial charge in [-0.15, -0.1) is 5.54 Å². The Morgan fingerprint density at radius 1 is 0.921 bits per heavy atom. The number of nitrogens with zero attached hydrogens (tertiary/aromatic N) is 5. The molecular weight excluding hydrogens is 488 g/mol. The van der Waals surface area contributed by atoms with Gasteiger partial charge in [0.1, 0.15) is 8.07 Å². The predicted octanol–water partition coefficient (Wildman–Crippen LogP) is 6.10. The molecule has 0 atom stereocenters. The van der Waals surface area contributed by atoms with E-state index >= 15 is 0 Å². The van der Waals surface area contributed by atoms with Crippen molar-refractivity contribution in [2.45, 2.75) is 58.2 Å². The highest BCUT2D eigenvalue weighted by molar-refractivity contribution is 6.90. The minimum atomic E-state index is -1.89. The van der Waals surface area contributed by atoms with E-state index in [2.05, 4.69) is 109 Å². The minimum absolute atomic E-state index is 0.500. The summed E-state index contributed by atoms with van der Waals surface area (Å²) in [5.41, 5.74) is 9.09. The van der Waals surface area contributed by atoms with E-state index < -0.39 is 8.07 Å². The van der Waals surface area contributed by atoms with E-state index in [1.807, 2.05) is 12.3 Å². The summed E-state index contributed by atoms with van der Waals surface area (Å²) in [5.74, 6) is 4.55. The van der Waals surface area contributed by atoms with Gasteiger partial charge in [-0.3, -0.25) is 0 Å². The monoisotopic (exact) mass is 530 g/mol. The maximum atomic E-state index is 5.52. The second kappa shape index (κ2) is 11.7. The first kappa shape index (κ1) is 27.9. The molecule has 3 heterocycles. The van der Waals surface area contributed by atoms with Gasteiger partial charge in [-0.25, -0.2) is 4.98 Å². The molecule has 3 aromatic rings. The highest BCUT2D eigenvalue weighted by Gasteiger charge is 2.41. The van der Waals surface area contributed by atoms with Crippen molar-refractivity contribution in [3.05, 3.63) is 42.1 Å². The lowest BCUT2D eigenvalue weighted by Crippen LogP contribution is -2.44. The molecule has 7 nitrogen and oxygen atoms in total. The third-order valence-corrected chi connectivity index (χ3v) is 14.3. The number of ether oxygens (including phenoxy) is 1. The molecule has 1 aliphatic rings. The summed E-state index contributed by atoms with van der Waals surface area (Å²) >= 11 is 0. The van der Waals surface area contributed by atoms with Crippen molar-refractivity contribution in [1.29, 1.82) is 0 Å². The van der Waals surface area contributed by atoms with Crippen LogP contribution in [0, 0.1) is 11.5 Å². The Hall–Kier alpha value is -3.15. The lowest BCUT2D eigenvalue weighted by molar-refractivity contribution is 0.313. The number of rotatable bonds is 7. The number of hydrogen-bond acceptors (Lipinski definition) is 7. The molecule has 0 radical (unpaired) electrons. The van der Waals surface area contributed by atoms with Crippen molar-refractivity contribution in [1.82, 2.24) is 19.9 Å². The number of fused-ring (bicyclic) bond motifs is 1. The van der Waals surface area contributed by atoms with Gasteiger partial charge in [0.05, 0.1) is 12.5 Å². The zero-order valence-corrected chi connectivity index (χ0v) is 25.2. The highest BCUT2D eigenvalue weighted by Crippen LogP contribution is 2.41. The molecule has 1 saturated heterocycles. The third kappa shape index (κ3) is 5.79. The SMILES string of the molecule is COc1cc(C#C[Si](C(C)C)(C(C)C)C(C)C)c2cnc(Nc3ccc(N4CCN(C)CC4)cc3)nc2n1. The van der Waals surface area contributed by atoms with Gasteiger partial charge in [-0.2, -0.15) is 9.97 Å². The van der Waals surface area contributed by atoms with Gasteiger partial charge in [0.15, 0.2) is 5.65 Å². The minimum Gasteiger partial charge on any atom is -0.481 e. The summed E-state index contributed by atoms with van der Waals surface area (Å²) < 4.78 is 5.52. The first-order valence-electron chi connectivity index (χ1n) is 13.7. The number of benzene rings is 1. The molecule has 8 heteroatoms. The first-order valence-corrected chi connectivity index (χ1v) is 15.9. The van der Waals surface area contributed by atoms with E-state index in [-0.39, 0.29) is 0 Å². The number of anilines is 3. The van der Waals surface area contributed by atoms with Crippen LogP contribution in [0.5, 0.6) is 5.88 Å². The van der Waals surface area contributed by atoms with E-state index in [1.54, 1.807) is 7.11 Å². The molecule has 1 N–H and O–H groups in total. The molecule has 1 aliphatic heterocycles. The van der Waals surface area contributed by atoms with Crippen molar-refractivity contribution < 1.29 is 4.74 Å². The number of aromatic nitrogens is 3. The van der Waals surface area contributed by atoms with Gasteiger partial charge in [-0.05, 0) is 47.9 Å². The zero-order valence-electron chi connectivity index (χ0n) is 24.2. The smallest absolute Gasteiger partial charge is 0.229 e. The summed E-state index contributed by atoms with van der Waals surface area (Å²) in [6, 6.07) is 10.4. The topological polar surface area (TPSA) is 66.4 Å². The Balaban J connectivity index is 1.62. The molecule has 1 fully saturated rings. The molecule has 202 valence electrons. The van der Waals surface area contributed by atoms with Gasteiger partial charge in [0.25, 0.3) is 0 Å². The Morgan fingerprint density at radius 3 is 2.13 bits per heavy atom. The molecule has 0 unspecified atom stereocenters. The van der Waals surface area contributed by atoms with Crippen molar-refractivity contribution in [3.8, 4) is 17.3 Å². The second-order valence-corrected chi connectivity index (χ2v) is 16.8. The first-order chi connectivity index (χ1) is 18.1. The van der Waals surface area contributed by atoms with Gasteiger partial charge in [0.2, 0.25) is 11.8 Å². The molecule has 0 spiro atoms. The summed E-state index contributed by atoms with van der Waals surface area (Å²) in [7, 11) is 1.91. The van der Waals surface area contributed by atoms with Crippen LogP contribution in [-0.2, 0) is 0 Å². The number of methoxy groups -OCH3 is 1. The summed E-state index contributed by atoms with van der Waals surface area (Å²) in [4.78, 5) is 18.7. The van der Waals surface area contributed by atoms with Gasteiger partial charge >= 0.3 is 0 Å². The fourth-order valence-electron chi connectivity index (χ4n) is 5.81. The predicted molar refractivity (Wildman–Crippen MR) is 161 cm³/mol. The Kier molecular flexibility index (Phi) is 8.59. The van der Waals surface area contributed by atoms with E-state index in [0.29, 0.717) is 34.1 Å². The average Bonchev–Trinajstić information content (AvgIpc) is 2.89. The molecular formula is C30H42N6OSi. The normalized spacial score (nSPS) is 14.8. The van der Waals surface area contributed by atoms with Crippen molar-refractivity contribution >= 4 is 36.4 Å². The second-order valence-electron chi connectivity index (χ2n) is 11.3. The Morgan fingerprint density at radius 2 is 1.55 bits per heavy atom. The summed E-state index contributed by atoms with van der Waals surface area (Å²) in [6.07, 6.45) is 1.82. The summed E-state index contributed by atoms with van der Waals surface area (Å²) in [6.45, 7) is 18.2. The summed E-state index contributed by atoms with van der Waals surface area (Å²) in [5, 5.41) is 4.17. The number of likely N-dealkylation sites (N-methyl/N-ethyl adjacent to an activating group) is 1. The van der Waals surface area contributed by atoms with E-state index in [1.165, 1.54) is 5.69 Å². The van der Waals surface area contributed by atoms with Crippen LogP contribution in [0.1, 0.15) is 47.1 Å². The maximum absolute atomic E-state index is 5.52. The van der Waals surface area contributed by atoms with Crippen LogP contribution < -0.4 is 15.0 Å². The van der Waals surface area contributed by atoms with Crippen molar-refractivity contribution in [3.63, 3.8) is 0 Å². The van der Waals surface area contributed by atoms with Gasteiger partial charge in [-0.1, -0.05) is 47.5 Å². The van der Waals surface area contributed by atoms with Crippen LogP contribution in [0.15, 0.2) is 36.5 Å². The molecule has 0 saturated carbocycles. The van der Waals surface area contributed by atoms with Gasteiger partial charge in [0, 0.05) is 55.4 Å². The molecule has 4 rings (SSSR count). The fraction of sp³-hybridized carbons (Fsp3) is 0.500. The highest BCUT2D eigenvalue weighted by atomic mass is 28.3. The third-order valence-electron chi connectivity index (χ3n) is 8.02. The van der Waals surface area contributed by atoms with Crippen LogP contribution in [0.2, 0.25) is 16.6 Å². The van der Waals surface area contributed by atoms with Crippen LogP contribution in [0.3, 0.4) is 0 Å². The molecule has 0 bridgehead atoms. The molecule has 0 aliphatic carbocycles. The maximum Gasteiger partial charge on any atom is 0.229 e. The molecule has 38 heavy (non-hydrogen) atoms. The molecule has 1 aromatic carbocycles. The number of nitrogens with one attached hydrogen (secondary N) is 1. The Labute approximate surface area is 229 Å². The van der Waals surface area contributed by atoms with Crippen LogP contribution in [0.4, 0.5) is 17.3 Å². The fourth-order valence-corrected chi connectivity index (χ4v) is 11.0. The Bertz CT molecular complexity index is 1280. The number of piperazine rings is 1. The van der Waals surface area contributed by atoms with Crippen LogP contribution in [0.25, 0.3) is 11.0 Å². The van der Waals surface area contributed by atoms with Crippen molar-refractivity contribution in [2.24, 2.45) is 0 Å². The van der Waals surface area contributed by atoms with E-state index in [4.69, 9.17) is 9.72 Å². The number of pyridine rings is 1. The lowest BCUT2D eigenvalue weighted by atomic mass is 10.2. The average molecular weight is 531 g/mol. The molecule has 2 aromatic heterocycles. The van der Waals surface area contributed by atoms with Gasteiger partial charge < -0.3 is 19.9 Å². The van der Waals surface area contributed by atoms with Crippen molar-refractivity contribution in [2.75, 3.05) is 50.6 Å². The largest absolute Gasteiger partial charge is 0.481 e. The zero-order chi connectivity index (χ0) is 27.4. The standard InChI is InChI=1S/C30H42N6OSi/c1-21(2)38(22(3)4,23(5)6)18-13-24-19-28(37-8)33-29-27(24)20-31-30(34-29)32-25-9-11-26(12-10-25)36-16-14-35(7)15-17-36/h9-12,19-23H,14-17H2,1-8H3,(H,31,32,33,34). The van der Waals surface area contributed by atoms with E-state index in [9.17, 15) is 0 Å². The van der Waals surface area contributed by atoms with Crippen LogP contribution >= 0.6 is 0 Å². The van der Waals surface area contributed by atoms with E-state index in [0.717, 1.165) is 42.8 Å². The number of hydrogen-bond donors (Lipinski definition) is 1. The quantitative estimate of drug-likeness (QED) is 0.292.